The third-order valence-corrected chi connectivity index (χ3v) is 3.35. The van der Waals surface area contributed by atoms with E-state index in [-0.39, 0.29) is 6.10 Å². The summed E-state index contributed by atoms with van der Waals surface area (Å²) in [6, 6.07) is 0.693. The largest absolute Gasteiger partial charge is 0.393 e. The van der Waals surface area contributed by atoms with Crippen LogP contribution < -0.4 is 0 Å². The van der Waals surface area contributed by atoms with Crippen LogP contribution in [-0.4, -0.2) is 35.7 Å². The Morgan fingerprint density at radius 3 is 2.91 bits per heavy atom. The van der Waals surface area contributed by atoms with Gasteiger partial charge in [0.15, 0.2) is 0 Å². The summed E-state index contributed by atoms with van der Waals surface area (Å²) in [5.74, 6) is 0.892. The minimum Gasteiger partial charge on any atom is -0.393 e. The van der Waals surface area contributed by atoms with E-state index >= 15 is 0 Å². The molecular weight excluding hydrogens is 138 g/mol. The van der Waals surface area contributed by atoms with Gasteiger partial charge >= 0.3 is 0 Å². The Morgan fingerprint density at radius 2 is 2.09 bits per heavy atom. The molecule has 0 aromatic carbocycles. The molecule has 1 N–H and O–H groups in total. The quantitative estimate of drug-likeness (QED) is 0.560. The topological polar surface area (TPSA) is 23.5 Å². The number of aliphatic hydroxyl groups excluding tert-OH is 1. The number of aliphatic hydroxyl groups is 1. The van der Waals surface area contributed by atoms with Crippen LogP contribution in [0, 0.1) is 5.92 Å². The molecule has 0 aromatic heterocycles. The van der Waals surface area contributed by atoms with Crippen LogP contribution in [0.4, 0.5) is 0 Å². The first-order chi connectivity index (χ1) is 5.27. The average Bonchev–Trinajstić information content (AvgIpc) is 2.33. The smallest absolute Gasteiger partial charge is 0.0555 e. The van der Waals surface area contributed by atoms with Gasteiger partial charge in [0.2, 0.25) is 0 Å². The Bertz CT molecular complexity index is 148. The zero-order valence-electron chi connectivity index (χ0n) is 7.16. The predicted molar refractivity (Wildman–Crippen MR) is 44.4 cm³/mol. The van der Waals surface area contributed by atoms with Crippen molar-refractivity contribution in [2.75, 3.05) is 13.6 Å². The Labute approximate surface area is 68.2 Å². The number of likely N-dealkylation sites (tertiary alicyclic amines) is 1. The highest BCUT2D eigenvalue weighted by atomic mass is 16.3. The van der Waals surface area contributed by atoms with Gasteiger partial charge in [0.25, 0.3) is 0 Å². The van der Waals surface area contributed by atoms with Crippen molar-refractivity contribution in [3.8, 4) is 0 Å². The van der Waals surface area contributed by atoms with Crippen molar-refractivity contribution < 1.29 is 5.11 Å². The molecule has 2 rings (SSSR count). The van der Waals surface area contributed by atoms with E-state index < -0.39 is 0 Å². The molecular formula is C9H17NO. The summed E-state index contributed by atoms with van der Waals surface area (Å²) in [6.45, 7) is 1.24. The lowest BCUT2D eigenvalue weighted by Crippen LogP contribution is -2.36. The molecule has 0 amide bonds. The fraction of sp³-hybridized carbons (Fsp3) is 1.00. The molecule has 1 aliphatic heterocycles. The van der Waals surface area contributed by atoms with Crippen LogP contribution in [0.2, 0.25) is 0 Å². The van der Waals surface area contributed by atoms with Gasteiger partial charge in [-0.1, -0.05) is 0 Å². The molecule has 64 valence electrons. The first-order valence-corrected chi connectivity index (χ1v) is 4.65. The van der Waals surface area contributed by atoms with Gasteiger partial charge in [-0.3, -0.25) is 0 Å². The Morgan fingerprint density at radius 1 is 1.27 bits per heavy atom. The number of fused-ring (bicyclic) bond motifs is 1. The summed E-state index contributed by atoms with van der Waals surface area (Å²) in [7, 11) is 2.18. The van der Waals surface area contributed by atoms with Gasteiger partial charge < -0.3 is 10.0 Å². The second-order valence-corrected chi connectivity index (χ2v) is 4.06. The standard InChI is InChI=1S/C9H17NO/c1-10-5-4-7-2-3-8(11)6-9(7)10/h7-9,11H,2-6H2,1H3/t7?,8-,9-/m0/s1. The minimum absolute atomic E-state index is 0.0169. The van der Waals surface area contributed by atoms with Crippen molar-refractivity contribution in [2.24, 2.45) is 5.92 Å². The van der Waals surface area contributed by atoms with E-state index in [1.54, 1.807) is 0 Å². The summed E-state index contributed by atoms with van der Waals surface area (Å²) in [4.78, 5) is 2.41. The van der Waals surface area contributed by atoms with Gasteiger partial charge in [-0.05, 0) is 45.2 Å². The van der Waals surface area contributed by atoms with Crippen molar-refractivity contribution in [1.29, 1.82) is 0 Å². The number of hydrogen-bond acceptors (Lipinski definition) is 2. The molecule has 2 fully saturated rings. The lowest BCUT2D eigenvalue weighted by molar-refractivity contribution is 0.0714. The predicted octanol–water partition coefficient (Wildman–Crippen LogP) is 0.851. The van der Waals surface area contributed by atoms with Gasteiger partial charge in [0.1, 0.15) is 0 Å². The van der Waals surface area contributed by atoms with Gasteiger partial charge in [-0.15, -0.1) is 0 Å². The van der Waals surface area contributed by atoms with Gasteiger partial charge in [-0.2, -0.15) is 0 Å². The van der Waals surface area contributed by atoms with Crippen LogP contribution in [0.25, 0.3) is 0 Å². The second-order valence-electron chi connectivity index (χ2n) is 4.06. The molecule has 2 aliphatic rings. The van der Waals surface area contributed by atoms with E-state index in [0.29, 0.717) is 6.04 Å². The summed E-state index contributed by atoms with van der Waals surface area (Å²) < 4.78 is 0. The highest BCUT2D eigenvalue weighted by Gasteiger charge is 2.36. The molecule has 3 atom stereocenters. The number of rotatable bonds is 0. The van der Waals surface area contributed by atoms with Crippen molar-refractivity contribution in [3.05, 3.63) is 0 Å². The van der Waals surface area contributed by atoms with E-state index in [2.05, 4.69) is 11.9 Å². The van der Waals surface area contributed by atoms with Crippen molar-refractivity contribution in [1.82, 2.24) is 4.90 Å². The molecule has 1 aliphatic carbocycles. The highest BCUT2D eigenvalue weighted by molar-refractivity contribution is 4.90. The Balaban J connectivity index is 2.01. The molecule has 1 saturated heterocycles. The zero-order chi connectivity index (χ0) is 7.84. The summed E-state index contributed by atoms with van der Waals surface area (Å²) in [5.41, 5.74) is 0. The van der Waals surface area contributed by atoms with Crippen LogP contribution >= 0.6 is 0 Å². The molecule has 2 heteroatoms. The molecule has 0 bridgehead atoms. The summed E-state index contributed by atoms with van der Waals surface area (Å²) >= 11 is 0. The molecule has 0 spiro atoms. The maximum Gasteiger partial charge on any atom is 0.0555 e. The van der Waals surface area contributed by atoms with E-state index in [9.17, 15) is 5.11 Å². The summed E-state index contributed by atoms with van der Waals surface area (Å²) in [5, 5.41) is 9.45. The minimum atomic E-state index is -0.0169. The van der Waals surface area contributed by atoms with Gasteiger partial charge in [0, 0.05) is 6.04 Å². The Hall–Kier alpha value is -0.0800. The van der Waals surface area contributed by atoms with E-state index in [4.69, 9.17) is 0 Å². The van der Waals surface area contributed by atoms with Crippen LogP contribution in [0.3, 0.4) is 0 Å². The second kappa shape index (κ2) is 2.76. The van der Waals surface area contributed by atoms with Crippen molar-refractivity contribution in [3.63, 3.8) is 0 Å². The SMILES string of the molecule is CN1CCC2CC[C@H](O)C[C@@H]21. The monoisotopic (exact) mass is 155 g/mol. The van der Waals surface area contributed by atoms with Gasteiger partial charge in [-0.25, -0.2) is 0 Å². The molecule has 2 nitrogen and oxygen atoms in total. The first kappa shape index (κ1) is 7.56. The van der Waals surface area contributed by atoms with E-state index in [1.165, 1.54) is 19.4 Å². The maximum atomic E-state index is 9.45. The zero-order valence-corrected chi connectivity index (χ0v) is 7.16. The third-order valence-electron chi connectivity index (χ3n) is 3.35. The van der Waals surface area contributed by atoms with Crippen LogP contribution in [0.1, 0.15) is 25.7 Å². The lowest BCUT2D eigenvalue weighted by atomic mass is 9.84. The molecule has 11 heavy (non-hydrogen) atoms. The van der Waals surface area contributed by atoms with Gasteiger partial charge in [0.05, 0.1) is 6.10 Å². The van der Waals surface area contributed by atoms with Crippen LogP contribution in [-0.2, 0) is 0 Å². The molecule has 1 unspecified atom stereocenters. The number of nitrogens with zero attached hydrogens (tertiary/aromatic N) is 1. The molecule has 0 aromatic rings. The maximum absolute atomic E-state index is 9.45. The van der Waals surface area contributed by atoms with Crippen molar-refractivity contribution in [2.45, 2.75) is 37.8 Å². The van der Waals surface area contributed by atoms with Crippen molar-refractivity contribution >= 4 is 0 Å². The van der Waals surface area contributed by atoms with E-state index in [0.717, 1.165) is 18.8 Å². The lowest BCUT2D eigenvalue weighted by Gasteiger charge is -2.32. The number of hydrogen-bond donors (Lipinski definition) is 1. The first-order valence-electron chi connectivity index (χ1n) is 4.65. The fourth-order valence-electron chi connectivity index (χ4n) is 2.60. The highest BCUT2D eigenvalue weighted by Crippen LogP contribution is 2.35. The Kier molecular flexibility index (Phi) is 1.90. The van der Waals surface area contributed by atoms with E-state index in [1.807, 2.05) is 0 Å². The molecule has 1 saturated carbocycles. The molecule has 0 radical (unpaired) electrons. The molecule has 1 heterocycles. The summed E-state index contributed by atoms with van der Waals surface area (Å²) in [6.07, 6.45) is 4.64. The van der Waals surface area contributed by atoms with Crippen LogP contribution in [0.5, 0.6) is 0 Å². The average molecular weight is 155 g/mol. The normalized spacial score (nSPS) is 45.8. The fourth-order valence-corrected chi connectivity index (χ4v) is 2.60. The van der Waals surface area contributed by atoms with Crippen LogP contribution in [0.15, 0.2) is 0 Å². The third kappa shape index (κ3) is 1.30.